The van der Waals surface area contributed by atoms with Crippen LogP contribution >= 0.6 is 0 Å². The standard InChI is InChI=1S/C12H17F2NO/c1-3-4-10(8-15-2)16-9-5-6-11(13)12(14)7-9/h5-7,10,15H,3-4,8H2,1-2H3. The average Bonchev–Trinajstić information content (AvgIpc) is 2.24. The minimum Gasteiger partial charge on any atom is -0.489 e. The van der Waals surface area contributed by atoms with Gasteiger partial charge in [-0.05, 0) is 25.6 Å². The van der Waals surface area contributed by atoms with Crippen LogP contribution in [0.2, 0.25) is 0 Å². The summed E-state index contributed by atoms with van der Waals surface area (Å²) in [5.41, 5.74) is 0. The van der Waals surface area contributed by atoms with Crippen molar-refractivity contribution in [1.29, 1.82) is 0 Å². The van der Waals surface area contributed by atoms with Crippen molar-refractivity contribution in [3.8, 4) is 5.75 Å². The van der Waals surface area contributed by atoms with E-state index in [2.05, 4.69) is 12.2 Å². The van der Waals surface area contributed by atoms with Gasteiger partial charge >= 0.3 is 0 Å². The van der Waals surface area contributed by atoms with E-state index in [-0.39, 0.29) is 6.10 Å². The Kier molecular flexibility index (Phi) is 5.19. The fourth-order valence-electron chi connectivity index (χ4n) is 1.49. The summed E-state index contributed by atoms with van der Waals surface area (Å²) in [7, 11) is 1.83. The van der Waals surface area contributed by atoms with Crippen LogP contribution in [-0.4, -0.2) is 19.7 Å². The number of likely N-dealkylation sites (N-methyl/N-ethyl adjacent to an activating group) is 1. The first kappa shape index (κ1) is 12.9. The molecule has 0 bridgehead atoms. The molecule has 0 aliphatic carbocycles. The molecule has 2 nitrogen and oxygen atoms in total. The second-order valence-corrected chi connectivity index (χ2v) is 3.66. The molecule has 0 heterocycles. The van der Waals surface area contributed by atoms with Crippen molar-refractivity contribution in [2.75, 3.05) is 13.6 Å². The van der Waals surface area contributed by atoms with Crippen molar-refractivity contribution in [3.63, 3.8) is 0 Å². The van der Waals surface area contributed by atoms with Gasteiger partial charge in [0.2, 0.25) is 0 Å². The predicted molar refractivity (Wildman–Crippen MR) is 59.6 cm³/mol. The van der Waals surface area contributed by atoms with Gasteiger partial charge in [-0.1, -0.05) is 13.3 Å². The first-order valence-electron chi connectivity index (χ1n) is 5.43. The van der Waals surface area contributed by atoms with E-state index in [0.717, 1.165) is 25.0 Å². The third-order valence-electron chi connectivity index (χ3n) is 2.24. The molecule has 1 unspecified atom stereocenters. The van der Waals surface area contributed by atoms with Crippen LogP contribution in [0.5, 0.6) is 5.75 Å². The lowest BCUT2D eigenvalue weighted by molar-refractivity contribution is 0.188. The molecule has 1 aromatic rings. The Balaban J connectivity index is 2.65. The lowest BCUT2D eigenvalue weighted by atomic mass is 10.2. The van der Waals surface area contributed by atoms with Crippen molar-refractivity contribution >= 4 is 0 Å². The van der Waals surface area contributed by atoms with Gasteiger partial charge in [-0.25, -0.2) is 8.78 Å². The van der Waals surface area contributed by atoms with Gasteiger partial charge in [0.25, 0.3) is 0 Å². The van der Waals surface area contributed by atoms with Crippen LogP contribution in [0, 0.1) is 11.6 Å². The lowest BCUT2D eigenvalue weighted by Crippen LogP contribution is -2.29. The number of hydrogen-bond acceptors (Lipinski definition) is 2. The van der Waals surface area contributed by atoms with E-state index >= 15 is 0 Å². The molecule has 0 aliphatic rings. The molecule has 0 fully saturated rings. The first-order chi connectivity index (χ1) is 7.67. The Hall–Kier alpha value is -1.16. The van der Waals surface area contributed by atoms with Crippen molar-refractivity contribution in [3.05, 3.63) is 29.8 Å². The summed E-state index contributed by atoms with van der Waals surface area (Å²) in [6.45, 7) is 2.74. The Labute approximate surface area is 94.6 Å². The van der Waals surface area contributed by atoms with Crippen LogP contribution in [0.1, 0.15) is 19.8 Å². The molecule has 1 N–H and O–H groups in total. The molecule has 0 amide bonds. The average molecular weight is 229 g/mol. The van der Waals surface area contributed by atoms with Crippen molar-refractivity contribution in [1.82, 2.24) is 5.32 Å². The smallest absolute Gasteiger partial charge is 0.162 e. The number of hydrogen-bond donors (Lipinski definition) is 1. The molecule has 1 aromatic carbocycles. The Morgan fingerprint density at radius 1 is 1.31 bits per heavy atom. The van der Waals surface area contributed by atoms with Crippen LogP contribution in [0.15, 0.2) is 18.2 Å². The molecule has 0 saturated heterocycles. The van der Waals surface area contributed by atoms with Gasteiger partial charge in [0.05, 0.1) is 0 Å². The maximum atomic E-state index is 12.9. The van der Waals surface area contributed by atoms with E-state index in [1.54, 1.807) is 0 Å². The summed E-state index contributed by atoms with van der Waals surface area (Å²) >= 11 is 0. The lowest BCUT2D eigenvalue weighted by Gasteiger charge is -2.18. The van der Waals surface area contributed by atoms with Gasteiger partial charge in [-0.15, -0.1) is 0 Å². The maximum Gasteiger partial charge on any atom is 0.162 e. The molecular formula is C12H17F2NO. The number of nitrogens with one attached hydrogen (secondary N) is 1. The third-order valence-corrected chi connectivity index (χ3v) is 2.24. The molecule has 0 saturated carbocycles. The Morgan fingerprint density at radius 2 is 2.06 bits per heavy atom. The van der Waals surface area contributed by atoms with E-state index in [1.165, 1.54) is 6.07 Å². The van der Waals surface area contributed by atoms with E-state index in [1.807, 2.05) is 7.05 Å². The van der Waals surface area contributed by atoms with Gasteiger partial charge in [0.15, 0.2) is 11.6 Å². The van der Waals surface area contributed by atoms with Crippen LogP contribution < -0.4 is 10.1 Å². The molecule has 0 radical (unpaired) electrons. The number of halogens is 2. The minimum atomic E-state index is -0.878. The second kappa shape index (κ2) is 6.43. The van der Waals surface area contributed by atoms with Gasteiger partial charge in [0.1, 0.15) is 11.9 Å². The van der Waals surface area contributed by atoms with E-state index in [9.17, 15) is 8.78 Å². The summed E-state index contributed by atoms with van der Waals surface area (Å²) in [6, 6.07) is 3.59. The molecule has 0 aliphatic heterocycles. The predicted octanol–water partition coefficient (Wildman–Crippen LogP) is 2.73. The zero-order chi connectivity index (χ0) is 12.0. The highest BCUT2D eigenvalue weighted by molar-refractivity contribution is 5.23. The largest absolute Gasteiger partial charge is 0.489 e. The second-order valence-electron chi connectivity index (χ2n) is 3.66. The van der Waals surface area contributed by atoms with E-state index in [0.29, 0.717) is 12.3 Å². The highest BCUT2D eigenvalue weighted by atomic mass is 19.2. The van der Waals surface area contributed by atoms with Crippen molar-refractivity contribution < 1.29 is 13.5 Å². The topological polar surface area (TPSA) is 21.3 Å². The van der Waals surface area contributed by atoms with Gasteiger partial charge in [-0.3, -0.25) is 0 Å². The summed E-state index contributed by atoms with van der Waals surface area (Å²) in [4.78, 5) is 0. The van der Waals surface area contributed by atoms with Gasteiger partial charge in [0, 0.05) is 12.6 Å². The number of benzene rings is 1. The van der Waals surface area contributed by atoms with Crippen molar-refractivity contribution in [2.24, 2.45) is 0 Å². The molecule has 1 atom stereocenters. The highest BCUT2D eigenvalue weighted by Gasteiger charge is 2.10. The van der Waals surface area contributed by atoms with Crippen LogP contribution in [0.3, 0.4) is 0 Å². The van der Waals surface area contributed by atoms with Gasteiger partial charge in [-0.2, -0.15) is 0 Å². The summed E-state index contributed by atoms with van der Waals surface area (Å²) in [5.74, 6) is -1.36. The highest BCUT2D eigenvalue weighted by Crippen LogP contribution is 2.17. The summed E-state index contributed by atoms with van der Waals surface area (Å²) in [5, 5.41) is 3.01. The minimum absolute atomic E-state index is 0.0140. The SMILES string of the molecule is CCCC(CNC)Oc1ccc(F)c(F)c1. The van der Waals surface area contributed by atoms with Crippen LogP contribution in [0.25, 0.3) is 0 Å². The van der Waals surface area contributed by atoms with Crippen LogP contribution in [-0.2, 0) is 0 Å². The Morgan fingerprint density at radius 3 is 2.62 bits per heavy atom. The molecule has 4 heteroatoms. The quantitative estimate of drug-likeness (QED) is 0.809. The van der Waals surface area contributed by atoms with Crippen molar-refractivity contribution in [2.45, 2.75) is 25.9 Å². The molecule has 0 spiro atoms. The molecule has 1 rings (SSSR count). The summed E-state index contributed by atoms with van der Waals surface area (Å²) < 4.78 is 31.2. The molecule has 16 heavy (non-hydrogen) atoms. The fraction of sp³-hybridized carbons (Fsp3) is 0.500. The summed E-state index contributed by atoms with van der Waals surface area (Å²) in [6.07, 6.45) is 1.84. The zero-order valence-electron chi connectivity index (χ0n) is 9.59. The van der Waals surface area contributed by atoms with Gasteiger partial charge < -0.3 is 10.1 Å². The third kappa shape index (κ3) is 3.77. The molecule has 0 aromatic heterocycles. The number of ether oxygens (including phenoxy) is 1. The maximum absolute atomic E-state index is 12.9. The van der Waals surface area contributed by atoms with E-state index in [4.69, 9.17) is 4.74 Å². The Bertz CT molecular complexity index is 325. The first-order valence-corrected chi connectivity index (χ1v) is 5.43. The normalized spacial score (nSPS) is 12.5. The van der Waals surface area contributed by atoms with Crippen LogP contribution in [0.4, 0.5) is 8.78 Å². The fourth-order valence-corrected chi connectivity index (χ4v) is 1.49. The van der Waals surface area contributed by atoms with E-state index < -0.39 is 11.6 Å². The monoisotopic (exact) mass is 229 g/mol. The zero-order valence-corrected chi connectivity index (χ0v) is 9.59. The molecular weight excluding hydrogens is 212 g/mol. The number of rotatable bonds is 6. The molecule has 90 valence electrons.